The Balaban J connectivity index is 2.17. The van der Waals surface area contributed by atoms with Crippen LogP contribution in [0.3, 0.4) is 0 Å². The normalized spacial score (nSPS) is 10.5. The lowest BCUT2D eigenvalue weighted by Crippen LogP contribution is -2.14. The van der Waals surface area contributed by atoms with Gasteiger partial charge in [0.15, 0.2) is 0 Å². The molecule has 0 aliphatic carbocycles. The Morgan fingerprint density at radius 3 is 2.89 bits per heavy atom. The zero-order chi connectivity index (χ0) is 13.4. The van der Waals surface area contributed by atoms with Gasteiger partial charge in [0.1, 0.15) is 5.82 Å². The summed E-state index contributed by atoms with van der Waals surface area (Å²) in [6, 6.07) is 10.7. The predicted molar refractivity (Wildman–Crippen MR) is 71.5 cm³/mol. The standard InChI is InChI=1S/C14H10N4O/c1-18-5-4-10(7-13(18)19)14-16-11-3-2-9(8-15)6-12(11)17-14/h2-7H,1H3,(H,16,17). The van der Waals surface area contributed by atoms with Crippen molar-refractivity contribution in [2.75, 3.05) is 0 Å². The molecule has 0 unspecified atom stereocenters. The monoisotopic (exact) mass is 250 g/mol. The molecule has 92 valence electrons. The van der Waals surface area contributed by atoms with Crippen LogP contribution < -0.4 is 5.56 Å². The van der Waals surface area contributed by atoms with Crippen LogP contribution in [0.4, 0.5) is 0 Å². The van der Waals surface area contributed by atoms with E-state index in [-0.39, 0.29) is 5.56 Å². The maximum atomic E-state index is 11.6. The van der Waals surface area contributed by atoms with E-state index in [9.17, 15) is 4.79 Å². The minimum atomic E-state index is -0.0873. The number of pyridine rings is 1. The quantitative estimate of drug-likeness (QED) is 0.715. The lowest BCUT2D eigenvalue weighted by Gasteiger charge is -1.98. The Morgan fingerprint density at radius 1 is 1.32 bits per heavy atom. The molecule has 0 saturated heterocycles. The molecule has 1 aromatic carbocycles. The van der Waals surface area contributed by atoms with Crippen LogP contribution in [0.2, 0.25) is 0 Å². The first-order valence-electron chi connectivity index (χ1n) is 5.74. The van der Waals surface area contributed by atoms with Crippen molar-refractivity contribution >= 4 is 11.0 Å². The summed E-state index contributed by atoms with van der Waals surface area (Å²) in [6.45, 7) is 0. The van der Waals surface area contributed by atoms with Crippen LogP contribution in [0, 0.1) is 11.3 Å². The lowest BCUT2D eigenvalue weighted by molar-refractivity contribution is 0.860. The van der Waals surface area contributed by atoms with Crippen molar-refractivity contribution < 1.29 is 0 Å². The number of fused-ring (bicyclic) bond motifs is 1. The SMILES string of the molecule is Cn1ccc(-c2nc3ccc(C#N)cc3[nH]2)cc1=O. The fourth-order valence-corrected chi connectivity index (χ4v) is 1.91. The zero-order valence-corrected chi connectivity index (χ0v) is 10.2. The highest BCUT2D eigenvalue weighted by Gasteiger charge is 2.06. The fraction of sp³-hybridized carbons (Fsp3) is 0.0714. The van der Waals surface area contributed by atoms with Crippen molar-refractivity contribution in [1.29, 1.82) is 5.26 Å². The smallest absolute Gasteiger partial charge is 0.250 e. The molecule has 0 saturated carbocycles. The average molecular weight is 250 g/mol. The molecular weight excluding hydrogens is 240 g/mol. The van der Waals surface area contributed by atoms with E-state index >= 15 is 0 Å². The van der Waals surface area contributed by atoms with Crippen LogP contribution >= 0.6 is 0 Å². The number of rotatable bonds is 1. The van der Waals surface area contributed by atoms with Crippen LogP contribution in [0.25, 0.3) is 22.4 Å². The number of imidazole rings is 1. The molecule has 5 nitrogen and oxygen atoms in total. The van der Waals surface area contributed by atoms with Gasteiger partial charge in [-0.3, -0.25) is 4.79 Å². The van der Waals surface area contributed by atoms with Gasteiger partial charge in [0.2, 0.25) is 0 Å². The number of H-pyrrole nitrogens is 1. The third kappa shape index (κ3) is 1.89. The van der Waals surface area contributed by atoms with Crippen molar-refractivity contribution in [1.82, 2.24) is 14.5 Å². The van der Waals surface area contributed by atoms with Gasteiger partial charge in [-0.05, 0) is 24.3 Å². The van der Waals surface area contributed by atoms with Gasteiger partial charge in [0.05, 0.1) is 22.7 Å². The van der Waals surface area contributed by atoms with Crippen molar-refractivity contribution in [3.05, 3.63) is 52.4 Å². The van der Waals surface area contributed by atoms with Gasteiger partial charge < -0.3 is 9.55 Å². The molecular formula is C14H10N4O. The Kier molecular flexibility index (Phi) is 2.43. The molecule has 0 atom stereocenters. The van der Waals surface area contributed by atoms with E-state index in [1.165, 1.54) is 10.6 Å². The van der Waals surface area contributed by atoms with E-state index in [1.54, 1.807) is 31.4 Å². The summed E-state index contributed by atoms with van der Waals surface area (Å²) < 4.78 is 1.50. The van der Waals surface area contributed by atoms with Crippen LogP contribution in [-0.4, -0.2) is 14.5 Å². The molecule has 1 N–H and O–H groups in total. The molecule has 3 rings (SSSR count). The highest BCUT2D eigenvalue weighted by molar-refractivity contribution is 5.80. The van der Waals surface area contributed by atoms with E-state index in [1.807, 2.05) is 6.07 Å². The molecule has 5 heteroatoms. The fourth-order valence-electron chi connectivity index (χ4n) is 1.91. The maximum Gasteiger partial charge on any atom is 0.250 e. The van der Waals surface area contributed by atoms with Crippen molar-refractivity contribution in [3.8, 4) is 17.5 Å². The molecule has 2 heterocycles. The maximum absolute atomic E-state index is 11.6. The number of nitrogens with zero attached hydrogens (tertiary/aromatic N) is 3. The van der Waals surface area contributed by atoms with Gasteiger partial charge in [-0.25, -0.2) is 4.98 Å². The van der Waals surface area contributed by atoms with Crippen LogP contribution in [-0.2, 0) is 7.05 Å². The third-order valence-electron chi connectivity index (χ3n) is 2.99. The number of aromatic amines is 1. The van der Waals surface area contributed by atoms with Gasteiger partial charge in [0.25, 0.3) is 5.56 Å². The van der Waals surface area contributed by atoms with Gasteiger partial charge in [-0.1, -0.05) is 0 Å². The summed E-state index contributed by atoms with van der Waals surface area (Å²) in [5.41, 5.74) is 2.78. The summed E-state index contributed by atoms with van der Waals surface area (Å²) in [5, 5.41) is 8.86. The second kappa shape index (κ2) is 4.10. The Bertz CT molecular complexity index is 867. The minimum Gasteiger partial charge on any atom is -0.338 e. The Morgan fingerprint density at radius 2 is 2.16 bits per heavy atom. The number of hydrogen-bond donors (Lipinski definition) is 1. The largest absolute Gasteiger partial charge is 0.338 e. The summed E-state index contributed by atoms with van der Waals surface area (Å²) in [7, 11) is 1.70. The molecule has 0 aliphatic rings. The Hall–Kier alpha value is -2.87. The predicted octanol–water partition coefficient (Wildman–Crippen LogP) is 1.80. The number of aromatic nitrogens is 3. The minimum absolute atomic E-state index is 0.0873. The molecule has 0 spiro atoms. The van der Waals surface area contributed by atoms with Crippen LogP contribution in [0.15, 0.2) is 41.3 Å². The van der Waals surface area contributed by atoms with E-state index in [0.717, 1.165) is 16.6 Å². The van der Waals surface area contributed by atoms with Crippen molar-refractivity contribution in [2.24, 2.45) is 7.05 Å². The first-order valence-corrected chi connectivity index (χ1v) is 5.74. The van der Waals surface area contributed by atoms with E-state index in [0.29, 0.717) is 11.4 Å². The molecule has 3 aromatic rings. The van der Waals surface area contributed by atoms with Crippen molar-refractivity contribution in [3.63, 3.8) is 0 Å². The highest BCUT2D eigenvalue weighted by atomic mass is 16.1. The number of aryl methyl sites for hydroxylation is 1. The molecule has 0 amide bonds. The molecule has 0 aliphatic heterocycles. The molecule has 0 fully saturated rings. The van der Waals surface area contributed by atoms with E-state index in [2.05, 4.69) is 16.0 Å². The van der Waals surface area contributed by atoms with E-state index < -0.39 is 0 Å². The summed E-state index contributed by atoms with van der Waals surface area (Å²) in [4.78, 5) is 19.1. The summed E-state index contributed by atoms with van der Waals surface area (Å²) >= 11 is 0. The Labute approximate surface area is 108 Å². The summed E-state index contributed by atoms with van der Waals surface area (Å²) in [5.74, 6) is 0.628. The van der Waals surface area contributed by atoms with Crippen LogP contribution in [0.1, 0.15) is 5.56 Å². The molecule has 19 heavy (non-hydrogen) atoms. The van der Waals surface area contributed by atoms with Gasteiger partial charge >= 0.3 is 0 Å². The van der Waals surface area contributed by atoms with Gasteiger partial charge in [-0.2, -0.15) is 5.26 Å². The number of benzene rings is 1. The first-order chi connectivity index (χ1) is 9.17. The second-order valence-corrected chi connectivity index (χ2v) is 4.29. The summed E-state index contributed by atoms with van der Waals surface area (Å²) in [6.07, 6.45) is 1.70. The van der Waals surface area contributed by atoms with Gasteiger partial charge in [0, 0.05) is 24.9 Å². The zero-order valence-electron chi connectivity index (χ0n) is 10.2. The van der Waals surface area contributed by atoms with Crippen LogP contribution in [0.5, 0.6) is 0 Å². The third-order valence-corrected chi connectivity index (χ3v) is 2.99. The average Bonchev–Trinajstić information content (AvgIpc) is 2.84. The van der Waals surface area contributed by atoms with E-state index in [4.69, 9.17) is 5.26 Å². The highest BCUT2D eigenvalue weighted by Crippen LogP contribution is 2.19. The second-order valence-electron chi connectivity index (χ2n) is 4.29. The lowest BCUT2D eigenvalue weighted by atomic mass is 10.2. The number of hydrogen-bond acceptors (Lipinski definition) is 3. The number of nitrogens with one attached hydrogen (secondary N) is 1. The topological polar surface area (TPSA) is 74.5 Å². The molecule has 0 bridgehead atoms. The number of nitriles is 1. The van der Waals surface area contributed by atoms with Gasteiger partial charge in [-0.15, -0.1) is 0 Å². The van der Waals surface area contributed by atoms with Crippen molar-refractivity contribution in [2.45, 2.75) is 0 Å². The molecule has 2 aromatic heterocycles. The first kappa shape index (κ1) is 11.2. The molecule has 0 radical (unpaired) electrons.